The summed E-state index contributed by atoms with van der Waals surface area (Å²) in [7, 11) is 0. The molecule has 0 unspecified atom stereocenters. The first-order valence-electron chi connectivity index (χ1n) is 19.2. The van der Waals surface area contributed by atoms with Crippen molar-refractivity contribution in [1.82, 2.24) is 0 Å². The third kappa shape index (κ3) is 34.9. The lowest BCUT2D eigenvalue weighted by atomic mass is 10.0. The predicted octanol–water partition coefficient (Wildman–Crippen LogP) is 9.72. The topological polar surface area (TPSA) is 113 Å². The van der Waals surface area contributed by atoms with Gasteiger partial charge in [0.1, 0.15) is 6.61 Å². The molecule has 0 saturated carbocycles. The normalized spacial score (nSPS) is 14.3. The van der Waals surface area contributed by atoms with Crippen molar-refractivity contribution < 1.29 is 34.4 Å². The second-order valence-corrected chi connectivity index (χ2v) is 12.7. The molecule has 0 rings (SSSR count). The second-order valence-electron chi connectivity index (χ2n) is 12.7. The third-order valence-corrected chi connectivity index (χ3v) is 7.94. The molecule has 7 heteroatoms. The van der Waals surface area contributed by atoms with Crippen LogP contribution in [-0.4, -0.2) is 58.8 Å². The molecule has 0 aliphatic rings. The molecule has 49 heavy (non-hydrogen) atoms. The van der Waals surface area contributed by atoms with Gasteiger partial charge in [-0.3, -0.25) is 9.59 Å². The molecule has 7 nitrogen and oxygen atoms in total. The molecule has 0 amide bonds. The summed E-state index contributed by atoms with van der Waals surface area (Å²) in [4.78, 5) is 24.2. The minimum Gasteiger partial charge on any atom is -0.462 e. The molecule has 0 radical (unpaired) electrons. The molecule has 0 aliphatic heterocycles. The first-order chi connectivity index (χ1) is 23.9. The van der Waals surface area contributed by atoms with E-state index in [1.54, 1.807) is 24.3 Å². The van der Waals surface area contributed by atoms with Gasteiger partial charge in [0.05, 0.1) is 18.8 Å². The number of aliphatic hydroxyl groups is 3. The number of hydrogen-bond donors (Lipinski definition) is 3. The third-order valence-electron chi connectivity index (χ3n) is 7.94. The highest BCUT2D eigenvalue weighted by Crippen LogP contribution is 2.14. The van der Waals surface area contributed by atoms with Gasteiger partial charge in [-0.05, 0) is 38.5 Å². The maximum atomic E-state index is 12.1. The summed E-state index contributed by atoms with van der Waals surface area (Å²) in [6.07, 6.45) is 41.7. The largest absolute Gasteiger partial charge is 0.462 e. The molecular weight excluding hydrogens is 616 g/mol. The zero-order chi connectivity index (χ0) is 36.0. The predicted molar refractivity (Wildman–Crippen MR) is 203 cm³/mol. The van der Waals surface area contributed by atoms with Crippen LogP contribution in [0.1, 0.15) is 149 Å². The minimum absolute atomic E-state index is 0.138. The smallest absolute Gasteiger partial charge is 0.306 e. The van der Waals surface area contributed by atoms with Gasteiger partial charge in [0.25, 0.3) is 0 Å². The molecule has 0 aliphatic carbocycles. The SMILES string of the molecule is CC/C=C\C[C@H](O)/C=C/C=C\C/C=C\C=C\[C@H](O)/C=C\CCCC(=O)O[C@@H](CO)COC(=O)CCCCCCCCCCCCCCCC. The van der Waals surface area contributed by atoms with Crippen molar-refractivity contribution in [1.29, 1.82) is 0 Å². The summed E-state index contributed by atoms with van der Waals surface area (Å²) in [6.45, 7) is 3.78. The number of carbonyl (C=O) groups excluding carboxylic acids is 2. The number of aliphatic hydroxyl groups excluding tert-OH is 3. The maximum absolute atomic E-state index is 12.1. The lowest BCUT2D eigenvalue weighted by molar-refractivity contribution is -0.161. The van der Waals surface area contributed by atoms with Crippen molar-refractivity contribution in [2.45, 2.75) is 167 Å². The highest BCUT2D eigenvalue weighted by Gasteiger charge is 2.16. The van der Waals surface area contributed by atoms with Crippen LogP contribution in [0.15, 0.2) is 72.9 Å². The first-order valence-corrected chi connectivity index (χ1v) is 19.2. The van der Waals surface area contributed by atoms with Gasteiger partial charge < -0.3 is 24.8 Å². The van der Waals surface area contributed by atoms with Crippen LogP contribution in [-0.2, 0) is 19.1 Å². The van der Waals surface area contributed by atoms with Gasteiger partial charge >= 0.3 is 11.9 Å². The molecule has 0 saturated heterocycles. The van der Waals surface area contributed by atoms with Crippen LogP contribution in [0.3, 0.4) is 0 Å². The van der Waals surface area contributed by atoms with Crippen molar-refractivity contribution >= 4 is 11.9 Å². The van der Waals surface area contributed by atoms with E-state index in [1.807, 2.05) is 48.6 Å². The Hall–Kier alpha value is -2.74. The Labute approximate surface area is 298 Å². The summed E-state index contributed by atoms with van der Waals surface area (Å²) >= 11 is 0. The van der Waals surface area contributed by atoms with E-state index in [0.717, 1.165) is 32.1 Å². The van der Waals surface area contributed by atoms with Gasteiger partial charge in [-0.2, -0.15) is 0 Å². The molecular formula is C42H70O7. The van der Waals surface area contributed by atoms with Crippen LogP contribution in [0.2, 0.25) is 0 Å². The van der Waals surface area contributed by atoms with E-state index in [0.29, 0.717) is 25.7 Å². The number of ether oxygens (including phenoxy) is 2. The van der Waals surface area contributed by atoms with Crippen LogP contribution in [0.25, 0.3) is 0 Å². The lowest BCUT2D eigenvalue weighted by Crippen LogP contribution is -2.28. The quantitative estimate of drug-likeness (QED) is 0.0273. The van der Waals surface area contributed by atoms with E-state index in [-0.39, 0.29) is 19.0 Å². The van der Waals surface area contributed by atoms with Gasteiger partial charge in [-0.15, -0.1) is 0 Å². The van der Waals surface area contributed by atoms with E-state index in [1.165, 1.54) is 70.6 Å². The van der Waals surface area contributed by atoms with Crippen molar-refractivity contribution in [2.24, 2.45) is 0 Å². The average Bonchev–Trinajstić information content (AvgIpc) is 3.09. The molecule has 3 N–H and O–H groups in total. The number of esters is 2. The maximum Gasteiger partial charge on any atom is 0.306 e. The van der Waals surface area contributed by atoms with Crippen LogP contribution in [0.4, 0.5) is 0 Å². The van der Waals surface area contributed by atoms with Crippen LogP contribution >= 0.6 is 0 Å². The fourth-order valence-corrected chi connectivity index (χ4v) is 5.00. The Balaban J connectivity index is 3.87. The first kappa shape index (κ1) is 46.3. The molecule has 0 aromatic heterocycles. The summed E-state index contributed by atoms with van der Waals surface area (Å²) in [6, 6.07) is 0. The van der Waals surface area contributed by atoms with Gasteiger partial charge in [0.15, 0.2) is 6.10 Å². The highest BCUT2D eigenvalue weighted by atomic mass is 16.6. The summed E-state index contributed by atoms with van der Waals surface area (Å²) < 4.78 is 10.5. The average molecular weight is 687 g/mol. The fraction of sp³-hybridized carbons (Fsp3) is 0.667. The lowest BCUT2D eigenvalue weighted by Gasteiger charge is -2.15. The van der Waals surface area contributed by atoms with Crippen molar-refractivity contribution in [3.05, 3.63) is 72.9 Å². The number of rotatable bonds is 33. The molecule has 0 aromatic carbocycles. The molecule has 0 heterocycles. The van der Waals surface area contributed by atoms with Gasteiger partial charge in [-0.1, -0.05) is 170 Å². The summed E-state index contributed by atoms with van der Waals surface area (Å²) in [5, 5.41) is 29.4. The molecule has 0 aromatic rings. The van der Waals surface area contributed by atoms with Crippen LogP contribution in [0.5, 0.6) is 0 Å². The van der Waals surface area contributed by atoms with E-state index < -0.39 is 30.9 Å². The van der Waals surface area contributed by atoms with Gasteiger partial charge in [0.2, 0.25) is 0 Å². The van der Waals surface area contributed by atoms with Gasteiger partial charge in [0, 0.05) is 12.8 Å². The molecule has 3 atom stereocenters. The number of hydrogen-bond acceptors (Lipinski definition) is 7. The monoisotopic (exact) mass is 687 g/mol. The zero-order valence-electron chi connectivity index (χ0n) is 30.9. The second kappa shape index (κ2) is 36.5. The van der Waals surface area contributed by atoms with E-state index in [4.69, 9.17) is 9.47 Å². The summed E-state index contributed by atoms with van der Waals surface area (Å²) in [5.74, 6) is -0.777. The van der Waals surface area contributed by atoms with Crippen molar-refractivity contribution in [2.75, 3.05) is 13.2 Å². The number of unbranched alkanes of at least 4 members (excludes halogenated alkanes) is 14. The minimum atomic E-state index is -0.860. The van der Waals surface area contributed by atoms with Crippen molar-refractivity contribution in [3.63, 3.8) is 0 Å². The number of allylic oxidation sites excluding steroid dienone is 8. The molecule has 0 fully saturated rings. The van der Waals surface area contributed by atoms with E-state index in [2.05, 4.69) is 13.8 Å². The Bertz CT molecular complexity index is 947. The highest BCUT2D eigenvalue weighted by molar-refractivity contribution is 5.70. The molecule has 0 bridgehead atoms. The zero-order valence-corrected chi connectivity index (χ0v) is 30.9. The summed E-state index contributed by atoms with van der Waals surface area (Å²) in [5.41, 5.74) is 0. The fourth-order valence-electron chi connectivity index (χ4n) is 5.00. The van der Waals surface area contributed by atoms with Crippen molar-refractivity contribution in [3.8, 4) is 0 Å². The van der Waals surface area contributed by atoms with Crippen LogP contribution in [0, 0.1) is 0 Å². The van der Waals surface area contributed by atoms with Gasteiger partial charge in [-0.25, -0.2) is 0 Å². The molecule has 0 spiro atoms. The Morgan fingerprint density at radius 2 is 1.18 bits per heavy atom. The van der Waals surface area contributed by atoms with E-state index in [9.17, 15) is 24.9 Å². The van der Waals surface area contributed by atoms with E-state index >= 15 is 0 Å². The Morgan fingerprint density at radius 1 is 0.612 bits per heavy atom. The standard InChI is InChI=1S/C42H70O7/c1-3-5-7-8-9-10-11-12-13-14-15-19-22-28-34-41(46)48-37-40(36-43)49-42(47)35-29-23-27-33-39(45)32-26-21-18-16-17-20-25-31-38(44)30-24-6-4-2/h6,17-18,20-21,24-27,31-33,38-40,43-45H,3-5,7-16,19,22-23,28-30,34-37H2,1-2H3/b20-17-,21-18-,24-6-,31-25+,32-26+,33-27-/t38-,39-,40-/m0/s1. The van der Waals surface area contributed by atoms with Crippen LogP contribution < -0.4 is 0 Å². The number of carbonyl (C=O) groups is 2. The molecule has 280 valence electrons. The Morgan fingerprint density at radius 3 is 1.78 bits per heavy atom. The Kier molecular flexibility index (Phi) is 34.5.